The molecule has 0 aliphatic rings. The Hall–Kier alpha value is -1.68. The van der Waals surface area contributed by atoms with E-state index < -0.39 is 21.6 Å². The standard InChI is InChI=1S/C16H15FINO4S/c1-24(21,22)8-7-23-13-4-2-3-12(10-13)19-16(20)11-5-6-15(18)14(17)9-11/h2-6,9-10H,7-8H2,1H3,(H,19,20). The number of anilines is 1. The van der Waals surface area contributed by atoms with Crippen molar-refractivity contribution in [1.82, 2.24) is 0 Å². The maximum absolute atomic E-state index is 13.5. The van der Waals surface area contributed by atoms with E-state index in [1.54, 1.807) is 24.3 Å². The summed E-state index contributed by atoms with van der Waals surface area (Å²) in [6, 6.07) is 10.8. The topological polar surface area (TPSA) is 72.5 Å². The first-order valence-corrected chi connectivity index (χ1v) is 10.1. The highest BCUT2D eigenvalue weighted by Crippen LogP contribution is 2.19. The third-order valence-electron chi connectivity index (χ3n) is 3.00. The third-order valence-corrected chi connectivity index (χ3v) is 4.78. The summed E-state index contributed by atoms with van der Waals surface area (Å²) in [5, 5.41) is 2.65. The average Bonchev–Trinajstić information content (AvgIpc) is 2.49. The molecule has 0 unspecified atom stereocenters. The van der Waals surface area contributed by atoms with Crippen LogP contribution in [0, 0.1) is 9.39 Å². The van der Waals surface area contributed by atoms with Gasteiger partial charge >= 0.3 is 0 Å². The summed E-state index contributed by atoms with van der Waals surface area (Å²) in [6.07, 6.45) is 1.13. The van der Waals surface area contributed by atoms with Crippen molar-refractivity contribution < 1.29 is 22.3 Å². The monoisotopic (exact) mass is 463 g/mol. The molecule has 0 heterocycles. The Kier molecular flexibility index (Phi) is 6.16. The van der Waals surface area contributed by atoms with Gasteiger partial charge in [-0.15, -0.1) is 0 Å². The van der Waals surface area contributed by atoms with Gasteiger partial charge < -0.3 is 10.1 Å². The van der Waals surface area contributed by atoms with E-state index in [-0.39, 0.29) is 17.9 Å². The Balaban J connectivity index is 2.03. The molecule has 0 saturated heterocycles. The predicted octanol–water partition coefficient (Wildman–Crippen LogP) is 3.11. The van der Waals surface area contributed by atoms with Crippen LogP contribution in [0.5, 0.6) is 5.75 Å². The van der Waals surface area contributed by atoms with Gasteiger partial charge in [-0.25, -0.2) is 12.8 Å². The van der Waals surface area contributed by atoms with Gasteiger partial charge in [0.15, 0.2) is 9.84 Å². The Morgan fingerprint density at radius 2 is 2.00 bits per heavy atom. The number of carbonyl (C=O) groups excluding carboxylic acids is 1. The Morgan fingerprint density at radius 3 is 2.67 bits per heavy atom. The van der Waals surface area contributed by atoms with Crippen molar-refractivity contribution in [1.29, 1.82) is 0 Å². The van der Waals surface area contributed by atoms with Crippen molar-refractivity contribution in [3.63, 3.8) is 0 Å². The van der Waals surface area contributed by atoms with Crippen LogP contribution in [0.4, 0.5) is 10.1 Å². The summed E-state index contributed by atoms with van der Waals surface area (Å²) < 4.78 is 41.5. The predicted molar refractivity (Wildman–Crippen MR) is 98.7 cm³/mol. The highest BCUT2D eigenvalue weighted by atomic mass is 127. The van der Waals surface area contributed by atoms with Crippen LogP contribution in [-0.4, -0.2) is 32.9 Å². The van der Waals surface area contributed by atoms with E-state index in [1.165, 1.54) is 18.2 Å². The zero-order valence-corrected chi connectivity index (χ0v) is 15.7. The molecule has 5 nitrogen and oxygen atoms in total. The van der Waals surface area contributed by atoms with E-state index in [0.717, 1.165) is 6.26 Å². The van der Waals surface area contributed by atoms with Gasteiger partial charge in [-0.05, 0) is 52.9 Å². The maximum Gasteiger partial charge on any atom is 0.255 e. The van der Waals surface area contributed by atoms with E-state index in [0.29, 0.717) is 15.0 Å². The molecule has 2 aromatic rings. The van der Waals surface area contributed by atoms with Crippen molar-refractivity contribution in [2.45, 2.75) is 0 Å². The minimum absolute atomic E-state index is 0.0264. The molecule has 0 radical (unpaired) electrons. The minimum atomic E-state index is -3.10. The largest absolute Gasteiger partial charge is 0.492 e. The van der Waals surface area contributed by atoms with E-state index in [9.17, 15) is 17.6 Å². The zero-order valence-electron chi connectivity index (χ0n) is 12.8. The SMILES string of the molecule is CS(=O)(=O)CCOc1cccc(NC(=O)c2ccc(I)c(F)c2)c1. The molecule has 1 N–H and O–H groups in total. The summed E-state index contributed by atoms with van der Waals surface area (Å²) in [7, 11) is -3.10. The molecule has 0 aliphatic carbocycles. The van der Waals surface area contributed by atoms with Crippen molar-refractivity contribution in [3.8, 4) is 5.75 Å². The van der Waals surface area contributed by atoms with Crippen molar-refractivity contribution in [2.24, 2.45) is 0 Å². The van der Waals surface area contributed by atoms with Crippen LogP contribution < -0.4 is 10.1 Å². The van der Waals surface area contributed by atoms with Crippen LogP contribution in [0.15, 0.2) is 42.5 Å². The fraction of sp³-hybridized carbons (Fsp3) is 0.188. The lowest BCUT2D eigenvalue weighted by Gasteiger charge is -2.09. The average molecular weight is 463 g/mol. The molecule has 0 fully saturated rings. The van der Waals surface area contributed by atoms with Gasteiger partial charge in [0.25, 0.3) is 5.91 Å². The van der Waals surface area contributed by atoms with Gasteiger partial charge in [0.05, 0.1) is 5.75 Å². The van der Waals surface area contributed by atoms with E-state index in [1.807, 2.05) is 22.6 Å². The van der Waals surface area contributed by atoms with Crippen LogP contribution in [0.2, 0.25) is 0 Å². The molecule has 0 spiro atoms. The number of sulfone groups is 1. The smallest absolute Gasteiger partial charge is 0.255 e. The second kappa shape index (κ2) is 7.93. The van der Waals surface area contributed by atoms with Crippen LogP contribution in [0.1, 0.15) is 10.4 Å². The molecule has 0 saturated carbocycles. The summed E-state index contributed by atoms with van der Waals surface area (Å²) >= 11 is 1.84. The van der Waals surface area contributed by atoms with E-state index in [2.05, 4.69) is 5.32 Å². The molecule has 0 aliphatic heterocycles. The molecular weight excluding hydrogens is 448 g/mol. The normalized spacial score (nSPS) is 11.1. The lowest BCUT2D eigenvalue weighted by molar-refractivity contribution is 0.102. The number of rotatable bonds is 6. The van der Waals surface area contributed by atoms with Crippen LogP contribution >= 0.6 is 22.6 Å². The lowest BCUT2D eigenvalue weighted by atomic mass is 10.2. The number of halogens is 2. The minimum Gasteiger partial charge on any atom is -0.492 e. The highest BCUT2D eigenvalue weighted by Gasteiger charge is 2.10. The van der Waals surface area contributed by atoms with Crippen LogP contribution in [-0.2, 0) is 9.84 Å². The molecule has 0 bridgehead atoms. The Bertz CT molecular complexity index is 855. The first-order valence-electron chi connectivity index (χ1n) is 6.91. The first-order chi connectivity index (χ1) is 11.2. The summed E-state index contributed by atoms with van der Waals surface area (Å²) in [6.45, 7) is 0.0264. The van der Waals surface area contributed by atoms with Gasteiger partial charge in [0.1, 0.15) is 18.2 Å². The van der Waals surface area contributed by atoms with Crippen molar-refractivity contribution >= 4 is 44.0 Å². The molecular formula is C16H15FINO4S. The maximum atomic E-state index is 13.5. The van der Waals surface area contributed by atoms with Crippen LogP contribution in [0.25, 0.3) is 0 Å². The number of nitrogens with one attached hydrogen (secondary N) is 1. The van der Waals surface area contributed by atoms with Gasteiger partial charge in [-0.2, -0.15) is 0 Å². The fourth-order valence-electron chi connectivity index (χ4n) is 1.82. The number of benzene rings is 2. The molecule has 8 heteroatoms. The highest BCUT2D eigenvalue weighted by molar-refractivity contribution is 14.1. The van der Waals surface area contributed by atoms with Gasteiger partial charge in [-0.3, -0.25) is 4.79 Å². The number of carbonyl (C=O) groups is 1. The Labute approximate surface area is 153 Å². The quantitative estimate of drug-likeness (QED) is 0.669. The summed E-state index contributed by atoms with van der Waals surface area (Å²) in [5.41, 5.74) is 0.673. The van der Waals surface area contributed by atoms with Crippen molar-refractivity contribution in [2.75, 3.05) is 23.9 Å². The number of hydrogen-bond donors (Lipinski definition) is 1. The van der Waals surface area contributed by atoms with Crippen LogP contribution in [0.3, 0.4) is 0 Å². The fourth-order valence-corrected chi connectivity index (χ4v) is 2.54. The second-order valence-corrected chi connectivity index (χ2v) is 8.51. The van der Waals surface area contributed by atoms with E-state index >= 15 is 0 Å². The molecule has 1 amide bonds. The molecule has 2 aromatic carbocycles. The zero-order chi connectivity index (χ0) is 17.7. The van der Waals surface area contributed by atoms with Gasteiger partial charge in [-0.1, -0.05) is 6.07 Å². The Morgan fingerprint density at radius 1 is 1.25 bits per heavy atom. The molecule has 0 aromatic heterocycles. The first kappa shape index (κ1) is 18.7. The number of ether oxygens (including phenoxy) is 1. The van der Waals surface area contributed by atoms with Gasteiger partial charge in [0, 0.05) is 27.1 Å². The summed E-state index contributed by atoms with van der Waals surface area (Å²) in [5.74, 6) is -0.559. The second-order valence-electron chi connectivity index (χ2n) is 5.09. The van der Waals surface area contributed by atoms with Gasteiger partial charge in [0.2, 0.25) is 0 Å². The molecule has 24 heavy (non-hydrogen) atoms. The number of hydrogen-bond acceptors (Lipinski definition) is 4. The number of amides is 1. The van der Waals surface area contributed by atoms with Crippen molar-refractivity contribution in [3.05, 3.63) is 57.4 Å². The molecule has 2 rings (SSSR count). The molecule has 0 atom stereocenters. The van der Waals surface area contributed by atoms with E-state index in [4.69, 9.17) is 4.74 Å². The lowest BCUT2D eigenvalue weighted by Crippen LogP contribution is -2.13. The molecule has 128 valence electrons. The summed E-state index contributed by atoms with van der Waals surface area (Å²) in [4.78, 5) is 12.1. The third kappa shape index (κ3) is 5.75.